The SMILES string of the molecule is CC(O)CO[C@@H]1CC(C)(C)C[C@@H]2C3=CC[C@@H]4[C@@]5(C)CC[C@H](O)C(C)(CO)C5CC[C@@]4(C)[C@]3(C)CC[C@]21C. The van der Waals surface area contributed by atoms with Crippen molar-refractivity contribution in [3.63, 3.8) is 0 Å². The molecular formula is C33H56O4. The summed E-state index contributed by atoms with van der Waals surface area (Å²) in [7, 11) is 0. The molecule has 4 nitrogen and oxygen atoms in total. The van der Waals surface area contributed by atoms with Crippen molar-refractivity contribution >= 4 is 0 Å². The molecule has 0 amide bonds. The third-order valence-corrected chi connectivity index (χ3v) is 13.7. The lowest BCUT2D eigenvalue weighted by atomic mass is 9.33. The molecule has 11 atom stereocenters. The molecular weight excluding hydrogens is 460 g/mol. The van der Waals surface area contributed by atoms with Gasteiger partial charge >= 0.3 is 0 Å². The Hall–Kier alpha value is -0.420. The van der Waals surface area contributed by atoms with Crippen LogP contribution in [0.1, 0.15) is 113 Å². The van der Waals surface area contributed by atoms with Gasteiger partial charge in [0.1, 0.15) is 0 Å². The molecule has 0 radical (unpaired) electrons. The van der Waals surface area contributed by atoms with E-state index in [-0.39, 0.29) is 39.8 Å². The molecule has 4 saturated carbocycles. The Morgan fingerprint density at radius 3 is 2.27 bits per heavy atom. The molecule has 0 aromatic heterocycles. The molecule has 5 aliphatic rings. The summed E-state index contributed by atoms with van der Waals surface area (Å²) in [6.45, 7) is 19.5. The molecule has 0 spiro atoms. The lowest BCUT2D eigenvalue weighted by Gasteiger charge is -2.71. The van der Waals surface area contributed by atoms with E-state index in [0.717, 1.165) is 32.1 Å². The summed E-state index contributed by atoms with van der Waals surface area (Å²) in [6, 6.07) is 0. The van der Waals surface area contributed by atoms with Gasteiger partial charge in [-0.2, -0.15) is 0 Å². The first kappa shape index (κ1) is 28.1. The van der Waals surface area contributed by atoms with Crippen molar-refractivity contribution in [3.8, 4) is 0 Å². The average Bonchev–Trinajstić information content (AvgIpc) is 2.81. The normalized spacial score (nSPS) is 53.7. The first-order valence-electron chi connectivity index (χ1n) is 15.4. The van der Waals surface area contributed by atoms with E-state index in [2.05, 4.69) is 54.5 Å². The number of hydrogen-bond acceptors (Lipinski definition) is 4. The highest BCUT2D eigenvalue weighted by Gasteiger charge is 2.69. The van der Waals surface area contributed by atoms with Gasteiger partial charge < -0.3 is 20.1 Å². The van der Waals surface area contributed by atoms with Crippen LogP contribution in [0.3, 0.4) is 0 Å². The monoisotopic (exact) mass is 516 g/mol. The van der Waals surface area contributed by atoms with Crippen molar-refractivity contribution in [1.82, 2.24) is 0 Å². The molecule has 4 fully saturated rings. The predicted molar refractivity (Wildman–Crippen MR) is 149 cm³/mol. The summed E-state index contributed by atoms with van der Waals surface area (Å²) in [4.78, 5) is 0. The van der Waals surface area contributed by atoms with Crippen molar-refractivity contribution < 1.29 is 20.1 Å². The number of rotatable bonds is 4. The number of hydrogen-bond donors (Lipinski definition) is 3. The third kappa shape index (κ3) is 3.81. The standard InChI is InChI=1S/C33H56O4/c1-21(35)19-37-27-18-28(2,3)17-23-22-9-10-25-30(5)13-12-26(36)31(6,20-34)24(30)11-14-33(25,8)32(22,7)16-15-29(23,27)4/h9,21,23-27,34-36H,10-20H2,1-8H3/t21?,23-,24?,25-,26+,27-,29-,30+,31?,32-,33-/m1/s1. The van der Waals surface area contributed by atoms with Gasteiger partial charge in [0, 0.05) is 10.8 Å². The smallest absolute Gasteiger partial charge is 0.0745 e. The lowest BCUT2D eigenvalue weighted by molar-refractivity contribution is -0.220. The van der Waals surface area contributed by atoms with Gasteiger partial charge in [-0.05, 0) is 104 Å². The maximum atomic E-state index is 11.0. The van der Waals surface area contributed by atoms with E-state index in [1.54, 1.807) is 5.57 Å². The first-order chi connectivity index (χ1) is 17.1. The van der Waals surface area contributed by atoms with Crippen LogP contribution in [0, 0.1) is 50.2 Å². The predicted octanol–water partition coefficient (Wildman–Crippen LogP) is 6.52. The van der Waals surface area contributed by atoms with E-state index in [9.17, 15) is 15.3 Å². The fraction of sp³-hybridized carbons (Fsp3) is 0.939. The van der Waals surface area contributed by atoms with Gasteiger partial charge in [-0.25, -0.2) is 0 Å². The summed E-state index contributed by atoms with van der Waals surface area (Å²) >= 11 is 0. The van der Waals surface area contributed by atoms with Gasteiger partial charge in [-0.3, -0.25) is 0 Å². The second kappa shape index (κ2) is 8.79. The highest BCUT2D eigenvalue weighted by atomic mass is 16.5. The van der Waals surface area contributed by atoms with Crippen LogP contribution in [0.25, 0.3) is 0 Å². The van der Waals surface area contributed by atoms with Crippen LogP contribution in [0.4, 0.5) is 0 Å². The molecule has 3 unspecified atom stereocenters. The zero-order chi connectivity index (χ0) is 27.2. The minimum Gasteiger partial charge on any atom is -0.396 e. The lowest BCUT2D eigenvalue weighted by Crippen LogP contribution is -2.66. The van der Waals surface area contributed by atoms with Crippen molar-refractivity contribution in [1.29, 1.82) is 0 Å². The number of aliphatic hydroxyl groups excluding tert-OH is 3. The van der Waals surface area contributed by atoms with E-state index in [1.807, 2.05) is 6.92 Å². The van der Waals surface area contributed by atoms with Crippen molar-refractivity contribution in [3.05, 3.63) is 11.6 Å². The summed E-state index contributed by atoms with van der Waals surface area (Å²) in [5.41, 5.74) is 2.18. The Bertz CT molecular complexity index is 925. The molecule has 3 N–H and O–H groups in total. The number of ether oxygens (including phenoxy) is 1. The zero-order valence-electron chi connectivity index (χ0n) is 25.1. The van der Waals surface area contributed by atoms with Gasteiger partial charge in [-0.1, -0.05) is 60.1 Å². The van der Waals surface area contributed by atoms with Gasteiger partial charge in [0.15, 0.2) is 0 Å². The minimum absolute atomic E-state index is 0.0829. The van der Waals surface area contributed by atoms with Gasteiger partial charge in [0.2, 0.25) is 0 Å². The highest BCUT2D eigenvalue weighted by Crippen LogP contribution is 2.75. The maximum Gasteiger partial charge on any atom is 0.0745 e. The molecule has 0 bridgehead atoms. The average molecular weight is 517 g/mol. The topological polar surface area (TPSA) is 69.9 Å². The van der Waals surface area contributed by atoms with Crippen molar-refractivity contribution in [2.24, 2.45) is 50.2 Å². The fourth-order valence-electron chi connectivity index (χ4n) is 11.2. The van der Waals surface area contributed by atoms with E-state index in [1.165, 1.54) is 25.7 Å². The Morgan fingerprint density at radius 2 is 1.62 bits per heavy atom. The third-order valence-electron chi connectivity index (χ3n) is 13.7. The quantitative estimate of drug-likeness (QED) is 0.372. The number of fused-ring (bicyclic) bond motifs is 7. The van der Waals surface area contributed by atoms with Crippen LogP contribution in [-0.4, -0.2) is 46.8 Å². The molecule has 5 rings (SSSR count). The van der Waals surface area contributed by atoms with E-state index < -0.39 is 17.6 Å². The van der Waals surface area contributed by atoms with Crippen LogP contribution < -0.4 is 0 Å². The molecule has 0 aliphatic heterocycles. The number of allylic oxidation sites excluding steroid dienone is 2. The Labute approximate surface area is 226 Å². The molecule has 5 aliphatic carbocycles. The summed E-state index contributed by atoms with van der Waals surface area (Å²) in [5.74, 6) is 1.47. The Morgan fingerprint density at radius 1 is 0.919 bits per heavy atom. The van der Waals surface area contributed by atoms with Crippen molar-refractivity contribution in [2.75, 3.05) is 13.2 Å². The van der Waals surface area contributed by atoms with Crippen molar-refractivity contribution in [2.45, 2.75) is 131 Å². The van der Waals surface area contributed by atoms with Crippen LogP contribution >= 0.6 is 0 Å². The molecule has 0 heterocycles. The Kier molecular flexibility index (Phi) is 6.68. The Balaban J connectivity index is 1.54. The van der Waals surface area contributed by atoms with E-state index in [4.69, 9.17) is 4.74 Å². The van der Waals surface area contributed by atoms with Gasteiger partial charge in [0.05, 0.1) is 31.5 Å². The number of aliphatic hydroxyl groups is 3. The second-order valence-corrected chi connectivity index (χ2v) is 16.3. The van der Waals surface area contributed by atoms with Gasteiger partial charge in [-0.15, -0.1) is 0 Å². The maximum absolute atomic E-state index is 11.0. The van der Waals surface area contributed by atoms with Crippen LogP contribution in [0.15, 0.2) is 11.6 Å². The summed E-state index contributed by atoms with van der Waals surface area (Å²) < 4.78 is 6.50. The summed E-state index contributed by atoms with van der Waals surface area (Å²) in [6.07, 6.45) is 12.0. The summed E-state index contributed by atoms with van der Waals surface area (Å²) in [5, 5.41) is 31.5. The van der Waals surface area contributed by atoms with Gasteiger partial charge in [0.25, 0.3) is 0 Å². The molecule has 4 heteroatoms. The molecule has 0 aromatic carbocycles. The molecule has 0 aromatic rings. The minimum atomic E-state index is -0.427. The van der Waals surface area contributed by atoms with E-state index >= 15 is 0 Å². The molecule has 37 heavy (non-hydrogen) atoms. The van der Waals surface area contributed by atoms with Crippen LogP contribution in [0.2, 0.25) is 0 Å². The fourth-order valence-corrected chi connectivity index (χ4v) is 11.2. The largest absolute Gasteiger partial charge is 0.396 e. The van der Waals surface area contributed by atoms with Crippen LogP contribution in [0.5, 0.6) is 0 Å². The molecule has 212 valence electrons. The molecule has 0 saturated heterocycles. The highest BCUT2D eigenvalue weighted by molar-refractivity contribution is 5.34. The van der Waals surface area contributed by atoms with E-state index in [0.29, 0.717) is 24.4 Å². The zero-order valence-corrected chi connectivity index (χ0v) is 25.1. The van der Waals surface area contributed by atoms with Crippen LogP contribution in [-0.2, 0) is 4.74 Å². The second-order valence-electron chi connectivity index (χ2n) is 16.3. The first-order valence-corrected chi connectivity index (χ1v) is 15.4.